The minimum Gasteiger partial charge on any atom is -0.364 e. The lowest BCUT2D eigenvalue weighted by molar-refractivity contribution is 0.0995. The van der Waals surface area contributed by atoms with Crippen molar-refractivity contribution in [2.24, 2.45) is 11.7 Å². The summed E-state index contributed by atoms with van der Waals surface area (Å²) in [7, 11) is 0. The number of carbonyl (C=O) groups is 1. The number of amides is 1. The van der Waals surface area contributed by atoms with Crippen molar-refractivity contribution in [3.8, 4) is 0 Å². The van der Waals surface area contributed by atoms with Gasteiger partial charge in [-0.2, -0.15) is 5.10 Å². The average molecular weight is 328 g/mol. The Kier molecular flexibility index (Phi) is 6.23. The van der Waals surface area contributed by atoms with E-state index in [1.165, 1.54) is 38.9 Å². The van der Waals surface area contributed by atoms with Crippen molar-refractivity contribution in [3.63, 3.8) is 0 Å². The van der Waals surface area contributed by atoms with Gasteiger partial charge in [-0.3, -0.25) is 9.89 Å². The van der Waals surface area contributed by atoms with Crippen LogP contribution in [0.3, 0.4) is 0 Å². The van der Waals surface area contributed by atoms with E-state index in [2.05, 4.69) is 20.4 Å². The molecule has 0 aliphatic carbocycles. The zero-order chi connectivity index (χ0) is 14.7. The number of nitrogens with zero attached hydrogens (tertiary/aromatic N) is 2. The molecule has 1 amide bonds. The average Bonchev–Trinajstić information content (AvgIpc) is 2.99. The lowest BCUT2D eigenvalue weighted by Crippen LogP contribution is -2.42. The molecule has 0 saturated carbocycles. The van der Waals surface area contributed by atoms with Crippen molar-refractivity contribution in [2.75, 3.05) is 32.7 Å². The Balaban J connectivity index is 0.00000176. The number of aromatic amines is 1. The Bertz CT molecular complexity index is 486. The first-order valence-corrected chi connectivity index (χ1v) is 8.00. The van der Waals surface area contributed by atoms with Crippen LogP contribution in [-0.2, 0) is 0 Å². The third kappa shape index (κ3) is 4.21. The first-order valence-electron chi connectivity index (χ1n) is 8.00. The van der Waals surface area contributed by atoms with Gasteiger partial charge in [0.15, 0.2) is 0 Å². The van der Waals surface area contributed by atoms with Crippen LogP contribution in [0.2, 0.25) is 0 Å². The largest absolute Gasteiger partial charge is 0.364 e. The molecule has 6 nitrogen and oxygen atoms in total. The normalized spacial score (nSPS) is 26.4. The van der Waals surface area contributed by atoms with Crippen molar-refractivity contribution >= 4 is 18.3 Å². The summed E-state index contributed by atoms with van der Waals surface area (Å²) in [6.07, 6.45) is 4.99. The van der Waals surface area contributed by atoms with Gasteiger partial charge in [-0.05, 0) is 57.3 Å². The molecule has 0 radical (unpaired) electrons. The van der Waals surface area contributed by atoms with Crippen LogP contribution in [0.1, 0.15) is 47.8 Å². The number of nitrogens with two attached hydrogens (primary N) is 1. The van der Waals surface area contributed by atoms with Crippen LogP contribution in [0.4, 0.5) is 0 Å². The molecule has 0 bridgehead atoms. The van der Waals surface area contributed by atoms with Gasteiger partial charge in [-0.15, -0.1) is 12.4 Å². The molecule has 1 aromatic rings. The van der Waals surface area contributed by atoms with Crippen LogP contribution >= 0.6 is 12.4 Å². The molecular formula is C15H26ClN5O. The van der Waals surface area contributed by atoms with Crippen LogP contribution in [0, 0.1) is 5.92 Å². The molecule has 1 aromatic heterocycles. The Labute approximate surface area is 137 Å². The van der Waals surface area contributed by atoms with E-state index < -0.39 is 5.91 Å². The van der Waals surface area contributed by atoms with E-state index in [1.54, 1.807) is 0 Å². The van der Waals surface area contributed by atoms with E-state index in [0.29, 0.717) is 11.6 Å². The van der Waals surface area contributed by atoms with Gasteiger partial charge < -0.3 is 16.0 Å². The summed E-state index contributed by atoms with van der Waals surface area (Å²) in [5.41, 5.74) is 6.67. The van der Waals surface area contributed by atoms with Crippen LogP contribution in [0.5, 0.6) is 0 Å². The zero-order valence-electron chi connectivity index (χ0n) is 12.9. The second-order valence-electron chi connectivity index (χ2n) is 6.38. The minimum absolute atomic E-state index is 0. The molecule has 3 heterocycles. The number of hydrogen-bond acceptors (Lipinski definition) is 4. The predicted octanol–water partition coefficient (Wildman–Crippen LogP) is 1.11. The molecule has 22 heavy (non-hydrogen) atoms. The number of rotatable bonds is 4. The predicted molar refractivity (Wildman–Crippen MR) is 88.4 cm³/mol. The third-order valence-corrected chi connectivity index (χ3v) is 4.71. The molecule has 7 heteroatoms. The van der Waals surface area contributed by atoms with Gasteiger partial charge in [-0.25, -0.2) is 0 Å². The molecule has 2 atom stereocenters. The lowest BCUT2D eigenvalue weighted by Gasteiger charge is -2.35. The smallest absolute Gasteiger partial charge is 0.269 e. The highest BCUT2D eigenvalue weighted by Gasteiger charge is 2.25. The van der Waals surface area contributed by atoms with Crippen molar-refractivity contribution in [1.82, 2.24) is 20.4 Å². The Morgan fingerprint density at radius 3 is 2.95 bits per heavy atom. The number of nitrogens with one attached hydrogen (secondary N) is 2. The fourth-order valence-electron chi connectivity index (χ4n) is 3.59. The van der Waals surface area contributed by atoms with Gasteiger partial charge in [0.1, 0.15) is 5.69 Å². The molecule has 124 valence electrons. The first-order chi connectivity index (χ1) is 10.2. The van der Waals surface area contributed by atoms with E-state index >= 15 is 0 Å². The number of hydrogen-bond donors (Lipinski definition) is 3. The van der Waals surface area contributed by atoms with Crippen molar-refractivity contribution in [3.05, 3.63) is 17.5 Å². The SMILES string of the molecule is Cl.NC(=O)c1cc(C2CCCN(CC3CCCNC3)C2)[nH]n1. The quantitative estimate of drug-likeness (QED) is 0.773. The second kappa shape index (κ2) is 7.94. The fourth-order valence-corrected chi connectivity index (χ4v) is 3.59. The lowest BCUT2D eigenvalue weighted by atomic mass is 9.92. The number of likely N-dealkylation sites (tertiary alicyclic amines) is 1. The van der Waals surface area contributed by atoms with Crippen LogP contribution in [0.15, 0.2) is 6.07 Å². The van der Waals surface area contributed by atoms with Crippen LogP contribution in [0.25, 0.3) is 0 Å². The van der Waals surface area contributed by atoms with Crippen molar-refractivity contribution in [2.45, 2.75) is 31.6 Å². The van der Waals surface area contributed by atoms with Crippen molar-refractivity contribution in [1.29, 1.82) is 0 Å². The molecular weight excluding hydrogens is 302 g/mol. The first kappa shape index (κ1) is 17.2. The molecule has 2 saturated heterocycles. The van der Waals surface area contributed by atoms with Gasteiger partial charge in [0.25, 0.3) is 5.91 Å². The molecule has 2 fully saturated rings. The maximum atomic E-state index is 11.1. The molecule has 2 aliphatic rings. The summed E-state index contributed by atoms with van der Waals surface area (Å²) < 4.78 is 0. The summed E-state index contributed by atoms with van der Waals surface area (Å²) in [6.45, 7) is 5.74. The Morgan fingerprint density at radius 2 is 2.27 bits per heavy atom. The summed E-state index contributed by atoms with van der Waals surface area (Å²) in [4.78, 5) is 13.7. The Hall–Kier alpha value is -1.11. The van der Waals surface area contributed by atoms with E-state index in [9.17, 15) is 4.79 Å². The molecule has 4 N–H and O–H groups in total. The number of primary amides is 1. The fraction of sp³-hybridized carbons (Fsp3) is 0.733. The monoisotopic (exact) mass is 327 g/mol. The summed E-state index contributed by atoms with van der Waals surface area (Å²) in [5.74, 6) is 0.759. The standard InChI is InChI=1S/C15H25N5O.ClH/c16-15(21)14-7-13(18-19-14)12-4-2-6-20(10-12)9-11-3-1-5-17-8-11;/h7,11-12,17H,1-6,8-10H2,(H2,16,21)(H,18,19);1H. The van der Waals surface area contributed by atoms with Crippen LogP contribution in [-0.4, -0.2) is 53.7 Å². The van der Waals surface area contributed by atoms with E-state index in [0.717, 1.165) is 31.1 Å². The second-order valence-corrected chi connectivity index (χ2v) is 6.38. The number of carbonyl (C=O) groups excluding carboxylic acids is 1. The van der Waals surface area contributed by atoms with Crippen molar-refractivity contribution < 1.29 is 4.79 Å². The van der Waals surface area contributed by atoms with Gasteiger partial charge in [0.2, 0.25) is 0 Å². The van der Waals surface area contributed by atoms with Gasteiger partial charge >= 0.3 is 0 Å². The third-order valence-electron chi connectivity index (χ3n) is 4.71. The number of halogens is 1. The number of aromatic nitrogens is 2. The van der Waals surface area contributed by atoms with Gasteiger partial charge in [0, 0.05) is 24.7 Å². The van der Waals surface area contributed by atoms with E-state index in [-0.39, 0.29) is 12.4 Å². The molecule has 2 unspecified atom stereocenters. The molecule has 0 spiro atoms. The molecule has 0 aromatic carbocycles. The molecule has 2 aliphatic heterocycles. The van der Waals surface area contributed by atoms with E-state index in [4.69, 9.17) is 5.73 Å². The highest BCUT2D eigenvalue weighted by Crippen LogP contribution is 2.27. The highest BCUT2D eigenvalue weighted by molar-refractivity contribution is 5.90. The highest BCUT2D eigenvalue weighted by atomic mass is 35.5. The summed E-state index contributed by atoms with van der Waals surface area (Å²) >= 11 is 0. The topological polar surface area (TPSA) is 87.0 Å². The Morgan fingerprint density at radius 1 is 1.41 bits per heavy atom. The van der Waals surface area contributed by atoms with Gasteiger partial charge in [0.05, 0.1) is 0 Å². The maximum absolute atomic E-state index is 11.1. The number of H-pyrrole nitrogens is 1. The maximum Gasteiger partial charge on any atom is 0.269 e. The summed E-state index contributed by atoms with van der Waals surface area (Å²) in [6, 6.07) is 1.82. The number of piperidine rings is 2. The van der Waals surface area contributed by atoms with Crippen LogP contribution < -0.4 is 11.1 Å². The summed E-state index contributed by atoms with van der Waals surface area (Å²) in [5, 5.41) is 10.5. The van der Waals surface area contributed by atoms with E-state index in [1.807, 2.05) is 6.07 Å². The van der Waals surface area contributed by atoms with Gasteiger partial charge in [-0.1, -0.05) is 0 Å². The molecule has 3 rings (SSSR count). The minimum atomic E-state index is -0.460. The zero-order valence-corrected chi connectivity index (χ0v) is 13.7.